The van der Waals surface area contributed by atoms with Gasteiger partial charge >= 0.3 is 0 Å². The van der Waals surface area contributed by atoms with Crippen LogP contribution in [0, 0.1) is 5.92 Å². The molecule has 2 aliphatic heterocycles. The van der Waals surface area contributed by atoms with Crippen LogP contribution in [0.1, 0.15) is 25.8 Å². The fraction of sp³-hybridized carbons (Fsp3) is 0.500. The molecule has 1 unspecified atom stereocenters. The second-order valence-corrected chi connectivity index (χ2v) is 5.96. The molecule has 6 heteroatoms. The molecule has 2 heterocycles. The van der Waals surface area contributed by atoms with Crippen molar-refractivity contribution < 1.29 is 14.6 Å². The van der Waals surface area contributed by atoms with Crippen LogP contribution < -0.4 is 10.1 Å². The molecular weight excluding hydrogens is 282 g/mol. The Morgan fingerprint density at radius 3 is 3.05 bits per heavy atom. The minimum atomic E-state index is -0.175. The summed E-state index contributed by atoms with van der Waals surface area (Å²) in [6.07, 6.45) is 0.610. The summed E-state index contributed by atoms with van der Waals surface area (Å²) in [6.45, 7) is 5.33. The Hall–Kier alpha value is -2.08. The molecule has 0 aliphatic carbocycles. The Labute approximate surface area is 129 Å². The fourth-order valence-electron chi connectivity index (χ4n) is 2.90. The first-order valence-corrected chi connectivity index (χ1v) is 7.63. The summed E-state index contributed by atoms with van der Waals surface area (Å²) in [5, 5.41) is 11.7. The minimum absolute atomic E-state index is 0.0148. The molecule has 0 aromatic heterocycles. The van der Waals surface area contributed by atoms with Crippen LogP contribution >= 0.6 is 0 Å². The minimum Gasteiger partial charge on any atom is -0.493 e. The summed E-state index contributed by atoms with van der Waals surface area (Å²) >= 11 is 0. The molecule has 1 aromatic rings. The zero-order valence-electron chi connectivity index (χ0n) is 12.9. The van der Waals surface area contributed by atoms with Crippen molar-refractivity contribution in [2.45, 2.75) is 32.9 Å². The maximum absolute atomic E-state index is 12.1. The van der Waals surface area contributed by atoms with Gasteiger partial charge in [0.15, 0.2) is 0 Å². The van der Waals surface area contributed by atoms with Gasteiger partial charge in [-0.1, -0.05) is 13.8 Å². The van der Waals surface area contributed by atoms with Crippen LogP contribution in [-0.2, 0) is 11.3 Å². The normalized spacial score (nSPS) is 19.6. The number of nitrogens with one attached hydrogen (secondary N) is 1. The van der Waals surface area contributed by atoms with Crippen molar-refractivity contribution in [3.63, 3.8) is 0 Å². The number of rotatable bonds is 5. The number of benzene rings is 1. The second kappa shape index (κ2) is 5.96. The summed E-state index contributed by atoms with van der Waals surface area (Å²) in [4.78, 5) is 18.7. The highest BCUT2D eigenvalue weighted by Gasteiger charge is 2.40. The van der Waals surface area contributed by atoms with Crippen LogP contribution in [0.15, 0.2) is 23.2 Å². The molecule has 1 atom stereocenters. The Bertz CT molecular complexity index is 613. The van der Waals surface area contributed by atoms with Crippen molar-refractivity contribution in [3.8, 4) is 5.75 Å². The van der Waals surface area contributed by atoms with Gasteiger partial charge in [0.2, 0.25) is 11.9 Å². The van der Waals surface area contributed by atoms with Crippen molar-refractivity contribution >= 4 is 17.6 Å². The predicted molar refractivity (Wildman–Crippen MR) is 83.0 cm³/mol. The molecule has 0 bridgehead atoms. The van der Waals surface area contributed by atoms with Gasteiger partial charge in [-0.25, -0.2) is 4.99 Å². The smallest absolute Gasteiger partial charge is 0.249 e. The lowest BCUT2D eigenvalue weighted by atomic mass is 10.0. The highest BCUT2D eigenvalue weighted by atomic mass is 16.5. The Balaban J connectivity index is 1.82. The lowest BCUT2D eigenvalue weighted by molar-refractivity contribution is -0.122. The van der Waals surface area contributed by atoms with Crippen LogP contribution in [0.4, 0.5) is 5.69 Å². The van der Waals surface area contributed by atoms with Crippen molar-refractivity contribution in [3.05, 3.63) is 23.8 Å². The van der Waals surface area contributed by atoms with Gasteiger partial charge in [-0.15, -0.1) is 0 Å². The van der Waals surface area contributed by atoms with Crippen LogP contribution in [0.2, 0.25) is 0 Å². The van der Waals surface area contributed by atoms with E-state index < -0.39 is 0 Å². The lowest BCUT2D eigenvalue weighted by Crippen LogP contribution is -2.39. The number of amides is 1. The summed E-state index contributed by atoms with van der Waals surface area (Å²) in [5.41, 5.74) is 1.91. The van der Waals surface area contributed by atoms with E-state index in [2.05, 4.69) is 10.3 Å². The second-order valence-electron chi connectivity index (χ2n) is 5.96. The molecule has 1 amide bonds. The van der Waals surface area contributed by atoms with Gasteiger partial charge in [-0.3, -0.25) is 10.1 Å². The van der Waals surface area contributed by atoms with Gasteiger partial charge in [-0.2, -0.15) is 0 Å². The Morgan fingerprint density at radius 1 is 1.50 bits per heavy atom. The molecule has 1 aromatic carbocycles. The van der Waals surface area contributed by atoms with Gasteiger partial charge in [0, 0.05) is 25.1 Å². The van der Waals surface area contributed by atoms with Crippen molar-refractivity contribution in [2.75, 3.05) is 13.2 Å². The van der Waals surface area contributed by atoms with Crippen molar-refractivity contribution in [2.24, 2.45) is 10.9 Å². The third kappa shape index (κ3) is 2.66. The Kier molecular flexibility index (Phi) is 4.02. The predicted octanol–water partition coefficient (Wildman–Crippen LogP) is 1.41. The molecule has 2 N–H and O–H groups in total. The van der Waals surface area contributed by atoms with Gasteiger partial charge < -0.3 is 14.7 Å². The van der Waals surface area contributed by atoms with E-state index in [9.17, 15) is 4.79 Å². The largest absolute Gasteiger partial charge is 0.493 e. The number of ether oxygens (including phenoxy) is 1. The van der Waals surface area contributed by atoms with E-state index in [1.165, 1.54) is 0 Å². The van der Waals surface area contributed by atoms with E-state index in [-0.39, 0.29) is 24.5 Å². The van der Waals surface area contributed by atoms with Crippen LogP contribution in [0.5, 0.6) is 5.75 Å². The number of aliphatic hydroxyl groups is 1. The number of carbonyl (C=O) groups excluding carboxylic acids is 1. The zero-order chi connectivity index (χ0) is 15.7. The summed E-state index contributed by atoms with van der Waals surface area (Å²) < 4.78 is 5.61. The molecular formula is C16H21N3O3. The highest BCUT2D eigenvalue weighted by molar-refractivity contribution is 6.07. The van der Waals surface area contributed by atoms with Gasteiger partial charge in [-0.05, 0) is 24.1 Å². The third-order valence-corrected chi connectivity index (χ3v) is 3.93. The van der Waals surface area contributed by atoms with Crippen LogP contribution in [0.3, 0.4) is 0 Å². The molecule has 3 rings (SSSR count). The van der Waals surface area contributed by atoms with Crippen molar-refractivity contribution in [1.82, 2.24) is 10.2 Å². The number of carbonyl (C=O) groups is 1. The molecule has 0 radical (unpaired) electrons. The zero-order valence-corrected chi connectivity index (χ0v) is 12.9. The Morgan fingerprint density at radius 2 is 2.32 bits per heavy atom. The van der Waals surface area contributed by atoms with Gasteiger partial charge in [0.25, 0.3) is 0 Å². The van der Waals surface area contributed by atoms with Gasteiger partial charge in [0.05, 0.1) is 12.3 Å². The summed E-state index contributed by atoms with van der Waals surface area (Å²) in [7, 11) is 0. The third-order valence-electron chi connectivity index (χ3n) is 3.93. The molecule has 1 saturated heterocycles. The maximum atomic E-state index is 12.1. The number of aliphatic hydroxyl groups excluding tert-OH is 1. The van der Waals surface area contributed by atoms with Crippen LogP contribution in [0.25, 0.3) is 0 Å². The first kappa shape index (κ1) is 14.8. The summed E-state index contributed by atoms with van der Waals surface area (Å²) in [6, 6.07) is 5.56. The highest BCUT2D eigenvalue weighted by Crippen LogP contribution is 2.33. The number of hydrogen-bond donors (Lipinski definition) is 2. The van der Waals surface area contributed by atoms with E-state index in [1.807, 2.05) is 36.9 Å². The van der Waals surface area contributed by atoms with E-state index >= 15 is 0 Å². The quantitative estimate of drug-likeness (QED) is 0.807. The number of fused-ring (bicyclic) bond motifs is 2. The van der Waals surface area contributed by atoms with E-state index in [4.69, 9.17) is 9.84 Å². The standard InChI is InChI=1S/C16H21N3O3/c1-10(2)14-15(21)18-16-17-13-5-4-12(22-7-3-6-20)8-11(13)9-19(14)16/h4-5,8,10,14,20H,3,6-7,9H2,1-2H3,(H,17,18,21). The molecule has 2 aliphatic rings. The number of nitrogens with zero attached hydrogens (tertiary/aromatic N) is 2. The van der Waals surface area contributed by atoms with E-state index in [0.29, 0.717) is 25.5 Å². The number of aliphatic imine (C=N–C) groups is 1. The topological polar surface area (TPSA) is 74.2 Å². The fourth-order valence-corrected chi connectivity index (χ4v) is 2.90. The number of guanidine groups is 1. The van der Waals surface area contributed by atoms with E-state index in [1.54, 1.807) is 0 Å². The average molecular weight is 303 g/mol. The lowest BCUT2D eigenvalue weighted by Gasteiger charge is -2.29. The first-order valence-electron chi connectivity index (χ1n) is 7.63. The van der Waals surface area contributed by atoms with E-state index in [0.717, 1.165) is 17.0 Å². The molecule has 1 fully saturated rings. The maximum Gasteiger partial charge on any atom is 0.249 e. The van der Waals surface area contributed by atoms with Gasteiger partial charge in [0.1, 0.15) is 11.8 Å². The molecule has 22 heavy (non-hydrogen) atoms. The SMILES string of the molecule is CC(C)C1C(=O)NC2=Nc3ccc(OCCCO)cc3CN21. The number of hydrogen-bond acceptors (Lipinski definition) is 5. The van der Waals surface area contributed by atoms with Crippen molar-refractivity contribution in [1.29, 1.82) is 0 Å². The first-order chi connectivity index (χ1) is 10.6. The monoisotopic (exact) mass is 303 g/mol. The van der Waals surface area contributed by atoms with Crippen LogP contribution in [-0.4, -0.2) is 41.1 Å². The molecule has 0 saturated carbocycles. The average Bonchev–Trinajstić information content (AvgIpc) is 2.80. The molecule has 0 spiro atoms. The molecule has 118 valence electrons. The summed E-state index contributed by atoms with van der Waals surface area (Å²) in [5.74, 6) is 1.65. The molecule has 6 nitrogen and oxygen atoms in total.